The maximum Gasteiger partial charge on any atom is 0.490 e. The molecule has 1 aliphatic rings. The number of nitrogens with zero attached hydrogens (tertiary/aromatic N) is 5. The Hall–Kier alpha value is -4.59. The largest absolute Gasteiger partial charge is 0.490 e. The molecule has 0 fully saturated rings. The van der Waals surface area contributed by atoms with Crippen LogP contribution in [0, 0.1) is 5.82 Å². The van der Waals surface area contributed by atoms with E-state index in [0.717, 1.165) is 36.9 Å². The number of hydrogen-bond acceptors (Lipinski definition) is 7. The molecule has 0 unspecified atom stereocenters. The predicted molar refractivity (Wildman–Crippen MR) is 125 cm³/mol. The van der Waals surface area contributed by atoms with Crippen LogP contribution in [0.15, 0.2) is 48.9 Å². The number of carboxylic acid groups (broad SMARTS) is 1. The maximum atomic E-state index is 14.5. The van der Waals surface area contributed by atoms with E-state index in [2.05, 4.69) is 41.7 Å². The van der Waals surface area contributed by atoms with E-state index in [1.54, 1.807) is 29.0 Å². The summed E-state index contributed by atoms with van der Waals surface area (Å²) < 4.78 is 47.8. The number of rotatable bonds is 3. The molecule has 0 bridgehead atoms. The number of aromatic nitrogens is 6. The van der Waals surface area contributed by atoms with Gasteiger partial charge in [0, 0.05) is 48.0 Å². The SMILES string of the molecule is Fc1cnc(Nc2ccc3c4c([nH]c3c2)CCNC4)nc1-c1cnc2cccnn12.O=C(O)C(F)(F)F. The number of fused-ring (bicyclic) bond motifs is 4. The van der Waals surface area contributed by atoms with E-state index in [0.29, 0.717) is 17.3 Å². The van der Waals surface area contributed by atoms with Crippen molar-refractivity contribution in [1.29, 1.82) is 0 Å². The van der Waals surface area contributed by atoms with Crippen LogP contribution in [0.4, 0.5) is 29.2 Å². The third kappa shape index (κ3) is 4.91. The number of anilines is 2. The van der Waals surface area contributed by atoms with E-state index < -0.39 is 18.0 Å². The first kappa shape index (κ1) is 24.1. The maximum absolute atomic E-state index is 14.5. The smallest absolute Gasteiger partial charge is 0.475 e. The molecule has 0 spiro atoms. The van der Waals surface area contributed by atoms with E-state index in [-0.39, 0.29) is 5.69 Å². The zero-order valence-electron chi connectivity index (χ0n) is 18.8. The average Bonchev–Trinajstić information content (AvgIpc) is 3.46. The summed E-state index contributed by atoms with van der Waals surface area (Å²) in [5, 5.41) is 19.2. The first-order valence-electron chi connectivity index (χ1n) is 10.9. The van der Waals surface area contributed by atoms with Crippen LogP contribution in [-0.2, 0) is 17.8 Å². The highest BCUT2D eigenvalue weighted by Gasteiger charge is 2.38. The average molecular weight is 514 g/mol. The van der Waals surface area contributed by atoms with Gasteiger partial charge in [-0.1, -0.05) is 6.07 Å². The lowest BCUT2D eigenvalue weighted by molar-refractivity contribution is -0.192. The van der Waals surface area contributed by atoms with Gasteiger partial charge in [0.05, 0.1) is 12.4 Å². The van der Waals surface area contributed by atoms with Crippen LogP contribution in [0.3, 0.4) is 0 Å². The Morgan fingerprint density at radius 2 is 1.97 bits per heavy atom. The van der Waals surface area contributed by atoms with Gasteiger partial charge in [-0.25, -0.2) is 28.7 Å². The second-order valence-corrected chi connectivity index (χ2v) is 8.02. The second-order valence-electron chi connectivity index (χ2n) is 8.02. The van der Waals surface area contributed by atoms with E-state index in [4.69, 9.17) is 9.90 Å². The van der Waals surface area contributed by atoms with Gasteiger partial charge in [-0.2, -0.15) is 18.3 Å². The Bertz CT molecular complexity index is 1610. The van der Waals surface area contributed by atoms with Gasteiger partial charge < -0.3 is 20.7 Å². The second kappa shape index (κ2) is 9.46. The molecule has 0 radical (unpaired) electrons. The minimum absolute atomic E-state index is 0.140. The monoisotopic (exact) mass is 514 g/mol. The molecule has 37 heavy (non-hydrogen) atoms. The van der Waals surface area contributed by atoms with Gasteiger partial charge in [0.1, 0.15) is 11.4 Å². The van der Waals surface area contributed by atoms with Crippen molar-refractivity contribution in [2.75, 3.05) is 11.9 Å². The number of carbonyl (C=O) groups is 1. The van der Waals surface area contributed by atoms with Crippen molar-refractivity contribution in [3.8, 4) is 11.4 Å². The Morgan fingerprint density at radius 1 is 1.16 bits per heavy atom. The molecule has 0 atom stereocenters. The normalized spacial score (nSPS) is 13.2. The third-order valence-electron chi connectivity index (χ3n) is 5.61. The molecule has 10 nitrogen and oxygen atoms in total. The van der Waals surface area contributed by atoms with Gasteiger partial charge in [-0.3, -0.25) is 0 Å². The highest BCUT2D eigenvalue weighted by molar-refractivity contribution is 5.88. The van der Waals surface area contributed by atoms with Gasteiger partial charge in [-0.05, 0) is 29.8 Å². The van der Waals surface area contributed by atoms with Gasteiger partial charge in [0.15, 0.2) is 11.5 Å². The summed E-state index contributed by atoms with van der Waals surface area (Å²) >= 11 is 0. The molecule has 4 N–H and O–H groups in total. The number of aliphatic carboxylic acids is 1. The summed E-state index contributed by atoms with van der Waals surface area (Å²) in [7, 11) is 0. The van der Waals surface area contributed by atoms with Crippen molar-refractivity contribution in [2.45, 2.75) is 19.1 Å². The van der Waals surface area contributed by atoms with E-state index >= 15 is 0 Å². The van der Waals surface area contributed by atoms with Crippen LogP contribution in [0.5, 0.6) is 0 Å². The Labute approximate surface area is 205 Å². The van der Waals surface area contributed by atoms with Crippen LogP contribution in [0.2, 0.25) is 0 Å². The lowest BCUT2D eigenvalue weighted by Gasteiger charge is -2.12. The molecule has 0 amide bonds. The van der Waals surface area contributed by atoms with Crippen LogP contribution in [-0.4, -0.2) is 53.3 Å². The number of aromatic amines is 1. The van der Waals surface area contributed by atoms with Crippen molar-refractivity contribution in [3.63, 3.8) is 0 Å². The molecule has 1 aliphatic heterocycles. The number of benzene rings is 1. The molecule has 14 heteroatoms. The van der Waals surface area contributed by atoms with Crippen molar-refractivity contribution < 1.29 is 27.5 Å². The van der Waals surface area contributed by atoms with Gasteiger partial charge >= 0.3 is 12.1 Å². The number of halogens is 4. The van der Waals surface area contributed by atoms with Crippen LogP contribution < -0.4 is 10.6 Å². The number of imidazole rings is 1. The highest BCUT2D eigenvalue weighted by Crippen LogP contribution is 2.29. The number of H-pyrrole nitrogens is 1. The van der Waals surface area contributed by atoms with E-state index in [1.807, 2.05) is 12.1 Å². The molecule has 6 rings (SSSR count). The summed E-state index contributed by atoms with van der Waals surface area (Å²) in [5.74, 6) is -2.99. The molecule has 4 aromatic heterocycles. The van der Waals surface area contributed by atoms with Gasteiger partial charge in [-0.15, -0.1) is 0 Å². The summed E-state index contributed by atoms with van der Waals surface area (Å²) in [5.41, 5.74) is 5.71. The molecule has 5 heterocycles. The van der Waals surface area contributed by atoms with Gasteiger partial charge in [0.25, 0.3) is 0 Å². The fourth-order valence-corrected chi connectivity index (χ4v) is 3.96. The zero-order valence-corrected chi connectivity index (χ0v) is 18.8. The van der Waals surface area contributed by atoms with Crippen LogP contribution >= 0.6 is 0 Å². The summed E-state index contributed by atoms with van der Waals surface area (Å²) in [4.78, 5) is 25.1. The lowest BCUT2D eigenvalue weighted by Crippen LogP contribution is -2.22. The molecule has 190 valence electrons. The zero-order chi connectivity index (χ0) is 26.2. The minimum Gasteiger partial charge on any atom is -0.475 e. The van der Waals surface area contributed by atoms with E-state index in [1.165, 1.54) is 16.6 Å². The first-order chi connectivity index (χ1) is 17.7. The molecule has 0 saturated heterocycles. The highest BCUT2D eigenvalue weighted by atomic mass is 19.4. The molecule has 0 aliphatic carbocycles. The molecule has 5 aromatic rings. The number of carboxylic acids is 1. The summed E-state index contributed by atoms with van der Waals surface area (Å²) in [6.07, 6.45) is 0.243. The molecule has 0 saturated carbocycles. The standard InChI is InChI=1S/C21H17FN8.C2HF3O2/c22-15-10-25-21(29-20(15)18-11-24-19-2-1-6-26-30(18)19)27-12-3-4-13-14-9-23-7-5-16(14)28-17(13)8-12;3-2(4,5)1(6)7/h1-4,6,8,10-11,23,28H,5,7,9H2,(H,25,27,29);(H,6,7). The molecular formula is C23H18F4N8O2. The van der Waals surface area contributed by atoms with Crippen molar-refractivity contribution in [2.24, 2.45) is 0 Å². The third-order valence-corrected chi connectivity index (χ3v) is 5.61. The number of alkyl halides is 3. The number of hydrogen-bond donors (Lipinski definition) is 4. The van der Waals surface area contributed by atoms with Crippen LogP contribution in [0.1, 0.15) is 11.3 Å². The Kier molecular flexibility index (Phi) is 6.17. The number of nitrogens with one attached hydrogen (secondary N) is 3. The molecular weight excluding hydrogens is 496 g/mol. The lowest BCUT2D eigenvalue weighted by atomic mass is 10.1. The van der Waals surface area contributed by atoms with E-state index in [9.17, 15) is 17.6 Å². The summed E-state index contributed by atoms with van der Waals surface area (Å²) in [6, 6.07) is 9.66. The van der Waals surface area contributed by atoms with Gasteiger partial charge in [0.2, 0.25) is 5.95 Å². The van der Waals surface area contributed by atoms with Crippen molar-refractivity contribution in [3.05, 3.63) is 66.0 Å². The Balaban J connectivity index is 0.000000355. The van der Waals surface area contributed by atoms with Crippen LogP contribution in [0.25, 0.3) is 27.9 Å². The Morgan fingerprint density at radius 3 is 2.76 bits per heavy atom. The summed E-state index contributed by atoms with van der Waals surface area (Å²) in [6.45, 7) is 1.86. The fourth-order valence-electron chi connectivity index (χ4n) is 3.96. The topological polar surface area (TPSA) is 133 Å². The van der Waals surface area contributed by atoms with Crippen molar-refractivity contribution in [1.82, 2.24) is 34.9 Å². The quantitative estimate of drug-likeness (QED) is 0.267. The van der Waals surface area contributed by atoms with Crippen molar-refractivity contribution >= 4 is 34.2 Å². The predicted octanol–water partition coefficient (Wildman–Crippen LogP) is 3.83. The molecule has 1 aromatic carbocycles. The minimum atomic E-state index is -5.08. The first-order valence-corrected chi connectivity index (χ1v) is 10.9. The fraction of sp³-hybridized carbons (Fsp3) is 0.174.